The third kappa shape index (κ3) is 4.58. The van der Waals surface area contributed by atoms with Crippen LogP contribution in [0.15, 0.2) is 0 Å². The minimum atomic E-state index is -0.577. The maximum atomic E-state index is 10.3. The largest absolute Gasteiger partial charge is 0.396 e. The molecule has 10 heavy (non-hydrogen) atoms. The third-order valence-corrected chi connectivity index (χ3v) is 1.61. The molecule has 0 aromatic rings. The normalized spacial score (nSPS) is 13.0. The van der Waals surface area contributed by atoms with Crippen LogP contribution in [-0.2, 0) is 4.79 Å². The van der Waals surface area contributed by atoms with Gasteiger partial charge in [0.2, 0.25) is 5.91 Å². The lowest BCUT2D eigenvalue weighted by Gasteiger charge is -2.02. The molecule has 0 aliphatic carbocycles. The van der Waals surface area contributed by atoms with Gasteiger partial charge in [-0.15, -0.1) is 11.6 Å². The molecule has 4 heteroatoms. The maximum Gasteiger partial charge on any atom is 0.235 e. The van der Waals surface area contributed by atoms with Crippen LogP contribution in [0.1, 0.15) is 19.3 Å². The molecule has 0 radical (unpaired) electrons. The average molecular weight is 166 g/mol. The van der Waals surface area contributed by atoms with Gasteiger partial charge >= 0.3 is 0 Å². The van der Waals surface area contributed by atoms with E-state index in [4.69, 9.17) is 22.4 Å². The number of amides is 1. The van der Waals surface area contributed by atoms with Crippen LogP contribution in [0, 0.1) is 0 Å². The van der Waals surface area contributed by atoms with E-state index < -0.39 is 11.3 Å². The van der Waals surface area contributed by atoms with E-state index in [9.17, 15) is 4.79 Å². The highest BCUT2D eigenvalue weighted by Crippen LogP contribution is 2.05. The third-order valence-electron chi connectivity index (χ3n) is 1.17. The Morgan fingerprint density at radius 2 is 2.20 bits per heavy atom. The summed E-state index contributed by atoms with van der Waals surface area (Å²) in [6, 6.07) is 0. The topological polar surface area (TPSA) is 63.3 Å². The van der Waals surface area contributed by atoms with E-state index in [0.717, 1.165) is 6.42 Å². The van der Waals surface area contributed by atoms with Crippen LogP contribution in [-0.4, -0.2) is 23.0 Å². The number of alkyl halides is 1. The fourth-order valence-corrected chi connectivity index (χ4v) is 0.732. The number of carbonyl (C=O) groups is 1. The zero-order valence-corrected chi connectivity index (χ0v) is 6.47. The predicted molar refractivity (Wildman–Crippen MR) is 39.8 cm³/mol. The van der Waals surface area contributed by atoms with Gasteiger partial charge in [-0.05, 0) is 19.3 Å². The standard InChI is InChI=1S/C6H12ClNO2/c7-5(6(8)10)3-1-2-4-9/h5,9H,1-4H2,(H2,8,10). The Bertz CT molecular complexity index is 108. The van der Waals surface area contributed by atoms with Gasteiger partial charge in [0.05, 0.1) is 0 Å². The summed E-state index contributed by atoms with van der Waals surface area (Å²) in [5.74, 6) is -0.486. The van der Waals surface area contributed by atoms with Crippen LogP contribution < -0.4 is 5.73 Å². The van der Waals surface area contributed by atoms with Gasteiger partial charge < -0.3 is 10.8 Å². The number of aliphatic hydroxyl groups is 1. The smallest absolute Gasteiger partial charge is 0.235 e. The molecule has 60 valence electrons. The van der Waals surface area contributed by atoms with Crippen LogP contribution in [0.3, 0.4) is 0 Å². The first-order chi connectivity index (χ1) is 4.68. The number of primary amides is 1. The molecule has 0 rings (SSSR count). The highest BCUT2D eigenvalue weighted by atomic mass is 35.5. The van der Waals surface area contributed by atoms with Crippen molar-refractivity contribution < 1.29 is 9.90 Å². The van der Waals surface area contributed by atoms with E-state index >= 15 is 0 Å². The van der Waals surface area contributed by atoms with Crippen molar-refractivity contribution in [2.24, 2.45) is 5.73 Å². The number of nitrogens with two attached hydrogens (primary N) is 1. The molecule has 3 N–H and O–H groups in total. The number of hydrogen-bond donors (Lipinski definition) is 2. The number of halogens is 1. The molecule has 0 bridgehead atoms. The molecule has 1 atom stereocenters. The molecule has 0 saturated carbocycles. The van der Waals surface area contributed by atoms with Crippen molar-refractivity contribution in [1.82, 2.24) is 0 Å². The molecule has 0 fully saturated rings. The van der Waals surface area contributed by atoms with E-state index in [1.165, 1.54) is 0 Å². The lowest BCUT2D eigenvalue weighted by atomic mass is 10.2. The molecule has 3 nitrogen and oxygen atoms in total. The summed E-state index contributed by atoms with van der Waals surface area (Å²) in [6.07, 6.45) is 1.97. The summed E-state index contributed by atoms with van der Waals surface area (Å²) in [5, 5.41) is 7.78. The van der Waals surface area contributed by atoms with Crippen LogP contribution in [0.5, 0.6) is 0 Å². The van der Waals surface area contributed by atoms with E-state index in [2.05, 4.69) is 0 Å². The molecular weight excluding hydrogens is 154 g/mol. The van der Waals surface area contributed by atoms with Crippen molar-refractivity contribution in [3.05, 3.63) is 0 Å². The monoisotopic (exact) mass is 165 g/mol. The highest BCUT2D eigenvalue weighted by molar-refractivity contribution is 6.30. The number of unbranched alkanes of at least 4 members (excludes halogenated alkanes) is 1. The molecule has 0 aromatic heterocycles. The van der Waals surface area contributed by atoms with Gasteiger partial charge in [-0.3, -0.25) is 4.79 Å². The molecule has 0 aliphatic heterocycles. The summed E-state index contributed by atoms with van der Waals surface area (Å²) < 4.78 is 0. The highest BCUT2D eigenvalue weighted by Gasteiger charge is 2.09. The van der Waals surface area contributed by atoms with Crippen molar-refractivity contribution >= 4 is 17.5 Å². The summed E-state index contributed by atoms with van der Waals surface area (Å²) in [6.45, 7) is 0.141. The number of rotatable bonds is 5. The fraction of sp³-hybridized carbons (Fsp3) is 0.833. The Kier molecular flexibility index (Phi) is 5.35. The summed E-state index contributed by atoms with van der Waals surface area (Å²) in [7, 11) is 0. The molecule has 0 spiro atoms. The van der Waals surface area contributed by atoms with Crippen LogP contribution in [0.2, 0.25) is 0 Å². The lowest BCUT2D eigenvalue weighted by molar-refractivity contribution is -0.117. The SMILES string of the molecule is NC(=O)C(Cl)CCCCO. The van der Waals surface area contributed by atoms with Crippen LogP contribution in [0.4, 0.5) is 0 Å². The average Bonchev–Trinajstić information content (AvgIpc) is 1.88. The minimum Gasteiger partial charge on any atom is -0.396 e. The van der Waals surface area contributed by atoms with Gasteiger partial charge in [-0.1, -0.05) is 0 Å². The van der Waals surface area contributed by atoms with E-state index in [-0.39, 0.29) is 6.61 Å². The van der Waals surface area contributed by atoms with Crippen molar-refractivity contribution in [2.75, 3.05) is 6.61 Å². The zero-order chi connectivity index (χ0) is 7.98. The first kappa shape index (κ1) is 9.72. The van der Waals surface area contributed by atoms with Gasteiger partial charge in [-0.25, -0.2) is 0 Å². The van der Waals surface area contributed by atoms with Gasteiger partial charge in [-0.2, -0.15) is 0 Å². The van der Waals surface area contributed by atoms with Gasteiger partial charge in [0.1, 0.15) is 5.38 Å². The van der Waals surface area contributed by atoms with Crippen LogP contribution >= 0.6 is 11.6 Å². The second-order valence-electron chi connectivity index (χ2n) is 2.09. The van der Waals surface area contributed by atoms with Gasteiger partial charge in [0.15, 0.2) is 0 Å². The molecule has 0 aromatic carbocycles. The zero-order valence-electron chi connectivity index (χ0n) is 5.72. The van der Waals surface area contributed by atoms with Crippen molar-refractivity contribution in [3.8, 4) is 0 Å². The Morgan fingerprint density at radius 1 is 1.60 bits per heavy atom. The second-order valence-corrected chi connectivity index (χ2v) is 2.62. The molecule has 0 saturated heterocycles. The van der Waals surface area contributed by atoms with E-state index in [0.29, 0.717) is 12.8 Å². The second kappa shape index (κ2) is 5.50. The van der Waals surface area contributed by atoms with Crippen molar-refractivity contribution in [1.29, 1.82) is 0 Å². The Balaban J connectivity index is 3.21. The number of aliphatic hydroxyl groups excluding tert-OH is 1. The predicted octanol–water partition coefficient (Wildman–Crippen LogP) is 0.242. The first-order valence-corrected chi connectivity index (χ1v) is 3.66. The Labute approximate surface area is 65.2 Å². The van der Waals surface area contributed by atoms with Crippen molar-refractivity contribution in [3.63, 3.8) is 0 Å². The van der Waals surface area contributed by atoms with Crippen LogP contribution in [0.25, 0.3) is 0 Å². The van der Waals surface area contributed by atoms with Gasteiger partial charge in [0.25, 0.3) is 0 Å². The molecule has 0 aliphatic rings. The first-order valence-electron chi connectivity index (χ1n) is 3.22. The van der Waals surface area contributed by atoms with Crippen molar-refractivity contribution in [2.45, 2.75) is 24.6 Å². The number of carbonyl (C=O) groups excluding carboxylic acids is 1. The number of hydrogen-bond acceptors (Lipinski definition) is 2. The molecule has 1 unspecified atom stereocenters. The minimum absolute atomic E-state index is 0.141. The van der Waals surface area contributed by atoms with E-state index in [1.54, 1.807) is 0 Å². The van der Waals surface area contributed by atoms with E-state index in [1.807, 2.05) is 0 Å². The summed E-state index contributed by atoms with van der Waals surface area (Å²) in [5.41, 5.74) is 4.88. The molecular formula is C6H12ClNO2. The Morgan fingerprint density at radius 3 is 2.60 bits per heavy atom. The lowest BCUT2D eigenvalue weighted by Crippen LogP contribution is -2.23. The Hall–Kier alpha value is -0.280. The maximum absolute atomic E-state index is 10.3. The quantitative estimate of drug-likeness (QED) is 0.453. The summed E-state index contributed by atoms with van der Waals surface area (Å²) in [4.78, 5) is 10.3. The molecule has 0 heterocycles. The fourth-order valence-electron chi connectivity index (χ4n) is 0.578. The molecule has 1 amide bonds. The van der Waals surface area contributed by atoms with Gasteiger partial charge in [0, 0.05) is 6.61 Å². The summed E-state index contributed by atoms with van der Waals surface area (Å²) >= 11 is 5.50.